The summed E-state index contributed by atoms with van der Waals surface area (Å²) < 4.78 is 5.45. The van der Waals surface area contributed by atoms with Crippen LogP contribution in [0.3, 0.4) is 0 Å². The molecule has 1 saturated heterocycles. The fraction of sp³-hybridized carbons (Fsp3) is 0.611. The molecule has 1 saturated carbocycles. The molecule has 0 bridgehead atoms. The van der Waals surface area contributed by atoms with Crippen LogP contribution in [0.15, 0.2) is 24.3 Å². The molecule has 22 heavy (non-hydrogen) atoms. The van der Waals surface area contributed by atoms with E-state index < -0.39 is 0 Å². The number of para-hydroxylation sites is 1. The van der Waals surface area contributed by atoms with Gasteiger partial charge in [0.15, 0.2) is 0 Å². The largest absolute Gasteiger partial charge is 0.384 e. The van der Waals surface area contributed by atoms with E-state index in [1.165, 1.54) is 18.4 Å². The highest BCUT2D eigenvalue weighted by atomic mass is 16.5. The minimum atomic E-state index is -0.354. The van der Waals surface area contributed by atoms with Gasteiger partial charge in [0.2, 0.25) is 5.91 Å². The van der Waals surface area contributed by atoms with E-state index in [1.54, 1.807) is 7.11 Å². The summed E-state index contributed by atoms with van der Waals surface area (Å²) in [6.07, 6.45) is 4.16. The predicted molar refractivity (Wildman–Crippen MR) is 86.1 cm³/mol. The summed E-state index contributed by atoms with van der Waals surface area (Å²) >= 11 is 0. The molecule has 2 aliphatic heterocycles. The molecule has 1 aliphatic carbocycles. The smallest absolute Gasteiger partial charge is 0.235 e. The number of piperidine rings is 1. The molecular formula is C18H24N2O2. The van der Waals surface area contributed by atoms with E-state index in [1.807, 2.05) is 6.07 Å². The first-order valence-electron chi connectivity index (χ1n) is 8.32. The quantitative estimate of drug-likeness (QED) is 0.929. The first-order chi connectivity index (χ1) is 10.7. The summed E-state index contributed by atoms with van der Waals surface area (Å²) in [5.74, 6) is 0.270. The molecule has 0 atom stereocenters. The molecule has 1 amide bonds. The fourth-order valence-corrected chi connectivity index (χ4v) is 4.28. The molecule has 2 fully saturated rings. The average Bonchev–Trinajstić information content (AvgIpc) is 3.26. The predicted octanol–water partition coefficient (Wildman–Crippen LogP) is 2.08. The number of hydrogen-bond donors (Lipinski definition) is 1. The molecule has 4 rings (SSSR count). The molecule has 1 aromatic carbocycles. The summed E-state index contributed by atoms with van der Waals surface area (Å²) in [6, 6.07) is 8.47. The molecule has 4 nitrogen and oxygen atoms in total. The van der Waals surface area contributed by atoms with Crippen molar-refractivity contribution in [2.45, 2.75) is 31.1 Å². The van der Waals surface area contributed by atoms with Gasteiger partial charge in [0, 0.05) is 24.8 Å². The zero-order valence-electron chi connectivity index (χ0n) is 13.2. The maximum atomic E-state index is 13.4. The van der Waals surface area contributed by atoms with Crippen molar-refractivity contribution in [2.75, 3.05) is 38.3 Å². The lowest BCUT2D eigenvalue weighted by Crippen LogP contribution is -2.51. The fourth-order valence-electron chi connectivity index (χ4n) is 4.28. The van der Waals surface area contributed by atoms with Gasteiger partial charge in [-0.3, -0.25) is 4.79 Å². The Kier molecular flexibility index (Phi) is 3.27. The van der Waals surface area contributed by atoms with Crippen LogP contribution in [0.2, 0.25) is 0 Å². The molecule has 118 valence electrons. The third kappa shape index (κ3) is 2.01. The lowest BCUT2D eigenvalue weighted by atomic mass is 9.78. The van der Waals surface area contributed by atoms with Gasteiger partial charge in [-0.15, -0.1) is 0 Å². The summed E-state index contributed by atoms with van der Waals surface area (Å²) in [5.41, 5.74) is 2.42. The monoisotopic (exact) mass is 300 g/mol. The Morgan fingerprint density at radius 3 is 2.64 bits per heavy atom. The van der Waals surface area contributed by atoms with Crippen molar-refractivity contribution >= 4 is 11.6 Å². The maximum absolute atomic E-state index is 13.4. The molecule has 1 N–H and O–H groups in total. The van der Waals surface area contributed by atoms with Gasteiger partial charge < -0.3 is 15.0 Å². The molecular weight excluding hydrogens is 276 g/mol. The van der Waals surface area contributed by atoms with Gasteiger partial charge >= 0.3 is 0 Å². The van der Waals surface area contributed by atoms with E-state index in [2.05, 4.69) is 28.4 Å². The van der Waals surface area contributed by atoms with Crippen molar-refractivity contribution in [3.05, 3.63) is 29.8 Å². The van der Waals surface area contributed by atoms with Gasteiger partial charge in [-0.05, 0) is 50.4 Å². The Morgan fingerprint density at radius 2 is 1.95 bits per heavy atom. The Labute approximate surface area is 131 Å². The van der Waals surface area contributed by atoms with Gasteiger partial charge in [-0.2, -0.15) is 0 Å². The Morgan fingerprint density at radius 1 is 1.23 bits per heavy atom. The number of nitrogens with one attached hydrogen (secondary N) is 1. The highest BCUT2D eigenvalue weighted by Gasteiger charge is 2.55. The Hall–Kier alpha value is -1.39. The molecule has 2 heterocycles. The molecule has 1 aromatic rings. The van der Waals surface area contributed by atoms with Gasteiger partial charge in [0.25, 0.3) is 0 Å². The molecule has 1 spiro atoms. The lowest BCUT2D eigenvalue weighted by Gasteiger charge is -2.38. The van der Waals surface area contributed by atoms with Crippen molar-refractivity contribution < 1.29 is 9.53 Å². The minimum Gasteiger partial charge on any atom is -0.384 e. The maximum Gasteiger partial charge on any atom is 0.235 e. The average molecular weight is 300 g/mol. The summed E-state index contributed by atoms with van der Waals surface area (Å²) in [6.45, 7) is 3.19. The first kappa shape index (κ1) is 14.2. The normalized spacial score (nSPS) is 24.3. The number of nitrogens with zero attached hydrogens (tertiary/aromatic N) is 1. The standard InChI is InChI=1S/C18H24N2O2/c1-22-13-18(8-10-19-11-9-18)16(21)20-12-17(6-7-17)14-4-2-3-5-15(14)20/h2-5,19H,6-13H2,1H3. The molecule has 4 heteroatoms. The summed E-state index contributed by atoms with van der Waals surface area (Å²) in [4.78, 5) is 15.5. The van der Waals surface area contributed by atoms with Crippen LogP contribution in [-0.2, 0) is 14.9 Å². The Balaban J connectivity index is 1.68. The number of methoxy groups -OCH3 is 1. The molecule has 0 aromatic heterocycles. The summed E-state index contributed by atoms with van der Waals surface area (Å²) in [7, 11) is 1.71. The van der Waals surface area contributed by atoms with Gasteiger partial charge in [0.05, 0.1) is 12.0 Å². The number of amides is 1. The van der Waals surface area contributed by atoms with Crippen molar-refractivity contribution in [2.24, 2.45) is 5.41 Å². The zero-order chi connectivity index (χ0) is 15.2. The number of fused-ring (bicyclic) bond motifs is 2. The third-order valence-corrected chi connectivity index (χ3v) is 5.76. The number of hydrogen-bond acceptors (Lipinski definition) is 3. The van der Waals surface area contributed by atoms with Crippen molar-refractivity contribution in [1.29, 1.82) is 0 Å². The van der Waals surface area contributed by atoms with Gasteiger partial charge in [-0.25, -0.2) is 0 Å². The number of ether oxygens (including phenoxy) is 1. The van der Waals surface area contributed by atoms with E-state index in [0.29, 0.717) is 6.61 Å². The molecule has 0 radical (unpaired) electrons. The van der Waals surface area contributed by atoms with Crippen LogP contribution in [-0.4, -0.2) is 39.3 Å². The highest BCUT2D eigenvalue weighted by molar-refractivity contribution is 6.00. The number of rotatable bonds is 3. The number of benzene rings is 1. The van der Waals surface area contributed by atoms with Crippen LogP contribution in [0.4, 0.5) is 5.69 Å². The first-order valence-corrected chi connectivity index (χ1v) is 8.32. The summed E-state index contributed by atoms with van der Waals surface area (Å²) in [5, 5.41) is 3.36. The lowest BCUT2D eigenvalue weighted by molar-refractivity contribution is -0.133. The van der Waals surface area contributed by atoms with Gasteiger partial charge in [0.1, 0.15) is 0 Å². The number of carbonyl (C=O) groups excluding carboxylic acids is 1. The van der Waals surface area contributed by atoms with Crippen LogP contribution < -0.4 is 10.2 Å². The van der Waals surface area contributed by atoms with Crippen molar-refractivity contribution in [1.82, 2.24) is 5.32 Å². The van der Waals surface area contributed by atoms with Crippen LogP contribution >= 0.6 is 0 Å². The SMILES string of the molecule is COCC1(C(=O)N2CC3(CC3)c3ccccc32)CCNCC1. The van der Waals surface area contributed by atoms with Gasteiger partial charge in [-0.1, -0.05) is 18.2 Å². The highest BCUT2D eigenvalue weighted by Crippen LogP contribution is 2.57. The van der Waals surface area contributed by atoms with E-state index in [4.69, 9.17) is 4.74 Å². The number of anilines is 1. The Bertz CT molecular complexity index is 583. The minimum absolute atomic E-state index is 0.257. The van der Waals surface area contributed by atoms with Crippen LogP contribution in [0.25, 0.3) is 0 Å². The van der Waals surface area contributed by atoms with Crippen LogP contribution in [0.1, 0.15) is 31.2 Å². The second kappa shape index (κ2) is 5.07. The molecule has 3 aliphatic rings. The van der Waals surface area contributed by atoms with E-state index in [0.717, 1.165) is 38.2 Å². The molecule has 0 unspecified atom stereocenters. The zero-order valence-corrected chi connectivity index (χ0v) is 13.2. The number of carbonyl (C=O) groups is 1. The van der Waals surface area contributed by atoms with E-state index >= 15 is 0 Å². The third-order valence-electron chi connectivity index (χ3n) is 5.76. The second-order valence-electron chi connectivity index (χ2n) is 7.15. The van der Waals surface area contributed by atoms with E-state index in [-0.39, 0.29) is 16.7 Å². The van der Waals surface area contributed by atoms with E-state index in [9.17, 15) is 4.79 Å². The van der Waals surface area contributed by atoms with Crippen molar-refractivity contribution in [3.8, 4) is 0 Å². The van der Waals surface area contributed by atoms with Crippen molar-refractivity contribution in [3.63, 3.8) is 0 Å². The second-order valence-corrected chi connectivity index (χ2v) is 7.15. The topological polar surface area (TPSA) is 41.6 Å². The van der Waals surface area contributed by atoms with Crippen LogP contribution in [0.5, 0.6) is 0 Å². The van der Waals surface area contributed by atoms with Crippen LogP contribution in [0, 0.1) is 5.41 Å².